The van der Waals surface area contributed by atoms with Crippen molar-refractivity contribution in [2.75, 3.05) is 13.1 Å². The summed E-state index contributed by atoms with van der Waals surface area (Å²) in [6, 6.07) is 7.55. The average Bonchev–Trinajstić information content (AvgIpc) is 3.41. The minimum absolute atomic E-state index is 0.0628. The Morgan fingerprint density at radius 2 is 1.59 bits per heavy atom. The molecule has 0 unspecified atom stereocenters. The Morgan fingerprint density at radius 1 is 0.923 bits per heavy atom. The van der Waals surface area contributed by atoms with Gasteiger partial charge < -0.3 is 20.9 Å². The minimum Gasteiger partial charge on any atom is -0.355 e. The van der Waals surface area contributed by atoms with Crippen LogP contribution in [0.15, 0.2) is 30.3 Å². The van der Waals surface area contributed by atoms with Crippen molar-refractivity contribution in [1.82, 2.24) is 20.9 Å². The Kier molecular flexibility index (Phi) is 11.0. The number of nitrogens with one attached hydrogen (secondary N) is 3. The number of benzene rings is 1. The van der Waals surface area contributed by atoms with E-state index in [2.05, 4.69) is 16.0 Å². The van der Waals surface area contributed by atoms with Gasteiger partial charge in [0.25, 0.3) is 0 Å². The van der Waals surface area contributed by atoms with E-state index in [1.165, 1.54) is 0 Å². The topological polar surface area (TPSA) is 108 Å². The summed E-state index contributed by atoms with van der Waals surface area (Å²) >= 11 is 0. The van der Waals surface area contributed by atoms with Crippen LogP contribution in [0.4, 0.5) is 0 Å². The maximum atomic E-state index is 14.0. The van der Waals surface area contributed by atoms with Gasteiger partial charge in [-0.2, -0.15) is 0 Å². The van der Waals surface area contributed by atoms with Gasteiger partial charge in [-0.3, -0.25) is 19.2 Å². The molecule has 0 aromatic heterocycles. The van der Waals surface area contributed by atoms with E-state index in [4.69, 9.17) is 0 Å². The van der Waals surface area contributed by atoms with Gasteiger partial charge >= 0.3 is 0 Å². The first-order valence-electron chi connectivity index (χ1n) is 14.8. The van der Waals surface area contributed by atoms with Gasteiger partial charge in [0.05, 0.1) is 0 Å². The van der Waals surface area contributed by atoms with E-state index >= 15 is 0 Å². The lowest BCUT2D eigenvalue weighted by Crippen LogP contribution is -2.58. The zero-order chi connectivity index (χ0) is 28.6. The van der Waals surface area contributed by atoms with Crippen molar-refractivity contribution < 1.29 is 19.2 Å². The van der Waals surface area contributed by atoms with E-state index in [9.17, 15) is 19.2 Å². The number of carbonyl (C=O) groups is 4. The smallest absolute Gasteiger partial charge is 0.246 e. The van der Waals surface area contributed by atoms with Gasteiger partial charge in [-0.25, -0.2) is 0 Å². The summed E-state index contributed by atoms with van der Waals surface area (Å²) in [7, 11) is 0. The summed E-state index contributed by atoms with van der Waals surface area (Å²) < 4.78 is 0. The fraction of sp³-hybridized carbons (Fsp3) is 0.677. The Balaban J connectivity index is 1.77. The van der Waals surface area contributed by atoms with E-state index in [0.29, 0.717) is 32.4 Å². The largest absolute Gasteiger partial charge is 0.355 e. The molecule has 3 N–H and O–H groups in total. The van der Waals surface area contributed by atoms with Crippen molar-refractivity contribution in [2.24, 2.45) is 17.3 Å². The average molecular weight is 541 g/mol. The third-order valence-corrected chi connectivity index (χ3v) is 8.48. The zero-order valence-corrected chi connectivity index (χ0v) is 24.4. The Morgan fingerprint density at radius 3 is 2.21 bits per heavy atom. The number of carbonyl (C=O) groups excluding carboxylic acids is 4. The van der Waals surface area contributed by atoms with E-state index in [1.807, 2.05) is 65.0 Å². The lowest BCUT2D eigenvalue weighted by Gasteiger charge is -2.36. The molecule has 0 bridgehead atoms. The molecule has 1 aromatic carbocycles. The highest BCUT2D eigenvalue weighted by atomic mass is 16.2. The van der Waals surface area contributed by atoms with Crippen LogP contribution in [0.25, 0.3) is 0 Å². The molecular formula is C31H48N4O4. The maximum Gasteiger partial charge on any atom is 0.246 e. The maximum absolute atomic E-state index is 14.0. The highest BCUT2D eigenvalue weighted by Crippen LogP contribution is 2.31. The molecule has 3 rings (SSSR count). The molecule has 1 saturated carbocycles. The van der Waals surface area contributed by atoms with Crippen molar-refractivity contribution in [2.45, 2.75) is 104 Å². The van der Waals surface area contributed by atoms with Crippen molar-refractivity contribution in [1.29, 1.82) is 0 Å². The molecule has 2 aliphatic rings. The number of nitrogens with zero attached hydrogens (tertiary/aromatic N) is 1. The molecule has 216 valence electrons. The molecule has 4 atom stereocenters. The van der Waals surface area contributed by atoms with Crippen molar-refractivity contribution in [3.8, 4) is 0 Å². The summed E-state index contributed by atoms with van der Waals surface area (Å²) in [4.78, 5) is 55.3. The zero-order valence-electron chi connectivity index (χ0n) is 24.4. The molecule has 1 aliphatic heterocycles. The summed E-state index contributed by atoms with van der Waals surface area (Å²) in [5.74, 6) is -1.05. The first-order chi connectivity index (χ1) is 18.5. The molecule has 4 amide bonds. The second kappa shape index (κ2) is 13.9. The van der Waals surface area contributed by atoms with Gasteiger partial charge in [0.15, 0.2) is 0 Å². The van der Waals surface area contributed by atoms with Gasteiger partial charge in [-0.05, 0) is 49.5 Å². The quantitative estimate of drug-likeness (QED) is 0.422. The van der Waals surface area contributed by atoms with Crippen LogP contribution in [-0.4, -0.2) is 59.7 Å². The molecule has 1 saturated heterocycles. The van der Waals surface area contributed by atoms with Gasteiger partial charge in [0, 0.05) is 25.4 Å². The lowest BCUT2D eigenvalue weighted by molar-refractivity contribution is -0.144. The summed E-state index contributed by atoms with van der Waals surface area (Å²) in [6.45, 7) is 10.7. The van der Waals surface area contributed by atoms with E-state index in [1.54, 1.807) is 4.90 Å². The minimum atomic E-state index is -0.737. The molecule has 39 heavy (non-hydrogen) atoms. The number of amides is 4. The molecule has 2 fully saturated rings. The predicted molar refractivity (Wildman–Crippen MR) is 153 cm³/mol. The van der Waals surface area contributed by atoms with Crippen LogP contribution >= 0.6 is 0 Å². The summed E-state index contributed by atoms with van der Waals surface area (Å²) in [5, 5.41) is 8.87. The number of hydrogen-bond donors (Lipinski definition) is 3. The molecule has 1 heterocycles. The van der Waals surface area contributed by atoms with Gasteiger partial charge in [0.1, 0.15) is 18.1 Å². The van der Waals surface area contributed by atoms with Crippen molar-refractivity contribution in [3.05, 3.63) is 35.9 Å². The first kappa shape index (κ1) is 30.6. The standard InChI is InChI=1S/C31H48N4O4/c1-6-32-28(37)24(20-22-14-9-7-10-15-22)33-29(38)25-18-13-19-35(25)30(39)26(23-16-11-8-12-17-23)34-27(36)21(2)31(3,4)5/h7,9-10,14-15,21,23-26H,6,8,11-13,16-20H2,1-5H3,(H,32,37)(H,33,38)(H,34,36)/t21-,24-,25-,26-/m0/s1. The van der Waals surface area contributed by atoms with Crippen LogP contribution in [0.2, 0.25) is 0 Å². The molecule has 1 aromatic rings. The van der Waals surface area contributed by atoms with Crippen LogP contribution in [0.5, 0.6) is 0 Å². The first-order valence-corrected chi connectivity index (χ1v) is 14.8. The Hall–Kier alpha value is -2.90. The van der Waals surface area contributed by atoms with Crippen molar-refractivity contribution in [3.63, 3.8) is 0 Å². The molecular weight excluding hydrogens is 492 g/mol. The summed E-state index contributed by atoms with van der Waals surface area (Å²) in [5.41, 5.74) is 0.717. The van der Waals surface area contributed by atoms with Gasteiger partial charge in [-0.1, -0.05) is 77.3 Å². The number of likely N-dealkylation sites (N-methyl/N-ethyl adjacent to an activating group) is 1. The van der Waals surface area contributed by atoms with Crippen molar-refractivity contribution >= 4 is 23.6 Å². The second-order valence-electron chi connectivity index (χ2n) is 12.3. The molecule has 0 spiro atoms. The summed E-state index contributed by atoms with van der Waals surface area (Å²) in [6.07, 6.45) is 6.61. The normalized spacial score (nSPS) is 20.5. The highest BCUT2D eigenvalue weighted by molar-refractivity contribution is 5.95. The third kappa shape index (κ3) is 8.29. The Labute approximate surface area is 234 Å². The number of hydrogen-bond acceptors (Lipinski definition) is 4. The van der Waals surface area contributed by atoms with Gasteiger partial charge in [-0.15, -0.1) is 0 Å². The van der Waals surface area contributed by atoms with E-state index in [-0.39, 0.29) is 40.9 Å². The highest BCUT2D eigenvalue weighted by Gasteiger charge is 2.42. The predicted octanol–water partition coefficient (Wildman–Crippen LogP) is 3.59. The van der Waals surface area contributed by atoms with Crippen LogP contribution in [0, 0.1) is 17.3 Å². The lowest BCUT2D eigenvalue weighted by atomic mass is 9.80. The SMILES string of the molecule is CCNC(=O)[C@H](Cc1ccccc1)NC(=O)[C@@H]1CCCN1C(=O)[C@@H](NC(=O)[C@H](C)C(C)(C)C)C1CCCCC1. The molecule has 8 heteroatoms. The third-order valence-electron chi connectivity index (χ3n) is 8.48. The fourth-order valence-electron chi connectivity index (χ4n) is 5.63. The van der Waals surface area contributed by atoms with E-state index in [0.717, 1.165) is 37.7 Å². The number of rotatable bonds is 10. The van der Waals surface area contributed by atoms with Crippen LogP contribution in [0.3, 0.4) is 0 Å². The van der Waals surface area contributed by atoms with Crippen LogP contribution < -0.4 is 16.0 Å². The molecule has 1 aliphatic carbocycles. The van der Waals surface area contributed by atoms with Crippen LogP contribution in [-0.2, 0) is 25.6 Å². The fourth-order valence-corrected chi connectivity index (χ4v) is 5.63. The molecule has 8 nitrogen and oxygen atoms in total. The van der Waals surface area contributed by atoms with Crippen LogP contribution in [0.1, 0.15) is 85.1 Å². The second-order valence-corrected chi connectivity index (χ2v) is 12.3. The van der Waals surface area contributed by atoms with Gasteiger partial charge in [0.2, 0.25) is 23.6 Å². The monoisotopic (exact) mass is 540 g/mol. The van der Waals surface area contributed by atoms with E-state index < -0.39 is 18.1 Å². The molecule has 0 radical (unpaired) electrons. The Bertz CT molecular complexity index is 984. The number of likely N-dealkylation sites (tertiary alicyclic amines) is 1.